The first-order chi connectivity index (χ1) is 10.3. The van der Waals surface area contributed by atoms with E-state index in [-0.39, 0.29) is 15.8 Å². The van der Waals surface area contributed by atoms with Crippen LogP contribution in [-0.2, 0) is 14.8 Å². The SMILES string of the molecule is CCCNC(=O)[C@H](C)NS(=O)(=O)c1ccc(OCC)c(Cl)c1. The summed E-state index contributed by atoms with van der Waals surface area (Å²) in [7, 11) is -3.83. The summed E-state index contributed by atoms with van der Waals surface area (Å²) in [5.74, 6) is 0.0410. The molecule has 124 valence electrons. The van der Waals surface area contributed by atoms with E-state index in [4.69, 9.17) is 16.3 Å². The van der Waals surface area contributed by atoms with Gasteiger partial charge in [0.05, 0.1) is 22.6 Å². The zero-order valence-corrected chi connectivity index (χ0v) is 14.4. The van der Waals surface area contributed by atoms with Crippen LogP contribution in [-0.4, -0.2) is 33.5 Å². The minimum absolute atomic E-state index is 0.0175. The van der Waals surface area contributed by atoms with Crippen molar-refractivity contribution >= 4 is 27.5 Å². The largest absolute Gasteiger partial charge is 0.492 e. The molecule has 0 heterocycles. The van der Waals surface area contributed by atoms with Crippen LogP contribution >= 0.6 is 11.6 Å². The van der Waals surface area contributed by atoms with E-state index in [9.17, 15) is 13.2 Å². The molecule has 0 aromatic heterocycles. The number of benzene rings is 1. The highest BCUT2D eigenvalue weighted by Gasteiger charge is 2.22. The summed E-state index contributed by atoms with van der Waals surface area (Å²) in [6.07, 6.45) is 0.777. The van der Waals surface area contributed by atoms with E-state index in [2.05, 4.69) is 10.0 Å². The first-order valence-electron chi connectivity index (χ1n) is 7.04. The molecule has 0 spiro atoms. The molecule has 1 amide bonds. The van der Waals surface area contributed by atoms with E-state index in [1.54, 1.807) is 6.92 Å². The van der Waals surface area contributed by atoms with Gasteiger partial charge in [-0.25, -0.2) is 8.42 Å². The number of sulfonamides is 1. The number of carbonyl (C=O) groups excluding carboxylic acids is 1. The quantitative estimate of drug-likeness (QED) is 0.751. The predicted molar refractivity (Wildman–Crippen MR) is 85.7 cm³/mol. The van der Waals surface area contributed by atoms with Gasteiger partial charge in [-0.05, 0) is 38.5 Å². The Bertz CT molecular complexity index is 619. The van der Waals surface area contributed by atoms with Crippen LogP contribution in [0.1, 0.15) is 27.2 Å². The number of hydrogen-bond donors (Lipinski definition) is 2. The zero-order chi connectivity index (χ0) is 16.8. The van der Waals surface area contributed by atoms with Crippen molar-refractivity contribution in [3.05, 3.63) is 23.2 Å². The smallest absolute Gasteiger partial charge is 0.241 e. The highest BCUT2D eigenvalue weighted by Crippen LogP contribution is 2.27. The number of ether oxygens (including phenoxy) is 1. The van der Waals surface area contributed by atoms with Crippen molar-refractivity contribution in [2.24, 2.45) is 0 Å². The average molecular weight is 349 g/mol. The van der Waals surface area contributed by atoms with E-state index in [1.165, 1.54) is 25.1 Å². The molecule has 1 atom stereocenters. The highest BCUT2D eigenvalue weighted by atomic mass is 35.5. The number of amides is 1. The fourth-order valence-electron chi connectivity index (χ4n) is 1.68. The van der Waals surface area contributed by atoms with Crippen molar-refractivity contribution in [2.45, 2.75) is 38.1 Å². The highest BCUT2D eigenvalue weighted by molar-refractivity contribution is 7.89. The molecule has 0 aliphatic rings. The first kappa shape index (κ1) is 18.7. The van der Waals surface area contributed by atoms with Crippen LogP contribution in [0.25, 0.3) is 0 Å². The van der Waals surface area contributed by atoms with Crippen LogP contribution in [0, 0.1) is 0 Å². The standard InChI is InChI=1S/C14H21ClN2O4S/c1-4-8-16-14(18)10(3)17-22(19,20)11-6-7-13(21-5-2)12(15)9-11/h6-7,9-10,17H,4-5,8H2,1-3H3,(H,16,18)/t10-/m0/s1. The Morgan fingerprint density at radius 2 is 2.05 bits per heavy atom. The van der Waals surface area contributed by atoms with Crippen molar-refractivity contribution in [1.29, 1.82) is 0 Å². The van der Waals surface area contributed by atoms with Gasteiger partial charge in [-0.3, -0.25) is 4.79 Å². The number of carbonyl (C=O) groups is 1. The van der Waals surface area contributed by atoms with E-state index in [0.717, 1.165) is 6.42 Å². The second kappa shape index (κ2) is 8.36. The topological polar surface area (TPSA) is 84.5 Å². The van der Waals surface area contributed by atoms with Crippen LogP contribution in [0.5, 0.6) is 5.75 Å². The van der Waals surface area contributed by atoms with Crippen LogP contribution in [0.4, 0.5) is 0 Å². The van der Waals surface area contributed by atoms with Gasteiger partial charge in [-0.2, -0.15) is 4.72 Å². The monoisotopic (exact) mass is 348 g/mol. The number of rotatable bonds is 8. The van der Waals surface area contributed by atoms with Gasteiger partial charge in [-0.1, -0.05) is 18.5 Å². The third-order valence-electron chi connectivity index (χ3n) is 2.79. The van der Waals surface area contributed by atoms with Crippen molar-refractivity contribution in [3.63, 3.8) is 0 Å². The molecule has 0 fully saturated rings. The van der Waals surface area contributed by atoms with E-state index in [0.29, 0.717) is 18.9 Å². The summed E-state index contributed by atoms with van der Waals surface area (Å²) in [5.41, 5.74) is 0. The van der Waals surface area contributed by atoms with Crippen LogP contribution in [0.3, 0.4) is 0 Å². The van der Waals surface area contributed by atoms with Gasteiger partial charge >= 0.3 is 0 Å². The number of nitrogens with one attached hydrogen (secondary N) is 2. The maximum atomic E-state index is 12.3. The minimum atomic E-state index is -3.83. The Morgan fingerprint density at radius 1 is 1.36 bits per heavy atom. The lowest BCUT2D eigenvalue weighted by Gasteiger charge is -2.15. The molecule has 0 bridgehead atoms. The molecule has 6 nitrogen and oxygen atoms in total. The fraction of sp³-hybridized carbons (Fsp3) is 0.500. The Balaban J connectivity index is 2.86. The first-order valence-corrected chi connectivity index (χ1v) is 8.90. The molecule has 2 N–H and O–H groups in total. The second-order valence-electron chi connectivity index (χ2n) is 4.66. The van der Waals surface area contributed by atoms with Crippen molar-refractivity contribution in [1.82, 2.24) is 10.0 Å². The molecule has 0 saturated carbocycles. The van der Waals surface area contributed by atoms with Crippen molar-refractivity contribution in [3.8, 4) is 5.75 Å². The second-order valence-corrected chi connectivity index (χ2v) is 6.78. The van der Waals surface area contributed by atoms with E-state index < -0.39 is 16.1 Å². The van der Waals surface area contributed by atoms with Crippen molar-refractivity contribution in [2.75, 3.05) is 13.2 Å². The summed E-state index contributed by atoms with van der Waals surface area (Å²) >= 11 is 5.99. The molecule has 8 heteroatoms. The Morgan fingerprint density at radius 3 is 2.59 bits per heavy atom. The zero-order valence-electron chi connectivity index (χ0n) is 12.8. The predicted octanol–water partition coefficient (Wildman–Crippen LogP) is 1.93. The summed E-state index contributed by atoms with van der Waals surface area (Å²) in [4.78, 5) is 11.7. The third-order valence-corrected chi connectivity index (χ3v) is 4.62. The van der Waals surface area contributed by atoms with Gasteiger partial charge in [0.1, 0.15) is 5.75 Å². The minimum Gasteiger partial charge on any atom is -0.492 e. The maximum Gasteiger partial charge on any atom is 0.241 e. The van der Waals surface area contributed by atoms with Crippen LogP contribution in [0.2, 0.25) is 5.02 Å². The molecule has 22 heavy (non-hydrogen) atoms. The molecule has 0 aliphatic heterocycles. The molecule has 1 rings (SSSR count). The van der Waals surface area contributed by atoms with Gasteiger partial charge in [0.2, 0.25) is 15.9 Å². The summed E-state index contributed by atoms with van der Waals surface area (Å²) in [6.45, 7) is 6.13. The molecule has 1 aromatic rings. The summed E-state index contributed by atoms with van der Waals surface area (Å²) in [6, 6.07) is 3.30. The number of halogens is 1. The normalized spacial score (nSPS) is 12.7. The third kappa shape index (κ3) is 5.15. The molecule has 0 saturated heterocycles. The van der Waals surface area contributed by atoms with Gasteiger partial charge < -0.3 is 10.1 Å². The number of hydrogen-bond acceptors (Lipinski definition) is 4. The summed E-state index contributed by atoms with van der Waals surface area (Å²) in [5, 5.41) is 2.83. The molecule has 0 unspecified atom stereocenters. The lowest BCUT2D eigenvalue weighted by molar-refractivity contribution is -0.122. The Kier molecular flexibility index (Phi) is 7.12. The fourth-order valence-corrected chi connectivity index (χ4v) is 3.21. The maximum absolute atomic E-state index is 12.3. The molecule has 0 aliphatic carbocycles. The lowest BCUT2D eigenvalue weighted by Crippen LogP contribution is -2.44. The van der Waals surface area contributed by atoms with E-state index >= 15 is 0 Å². The Labute approximate surface area is 136 Å². The van der Waals surface area contributed by atoms with Crippen molar-refractivity contribution < 1.29 is 17.9 Å². The van der Waals surface area contributed by atoms with Gasteiger partial charge in [0.15, 0.2) is 0 Å². The van der Waals surface area contributed by atoms with Gasteiger partial charge in [-0.15, -0.1) is 0 Å². The van der Waals surface area contributed by atoms with E-state index in [1.807, 2.05) is 6.92 Å². The lowest BCUT2D eigenvalue weighted by atomic mass is 10.3. The van der Waals surface area contributed by atoms with Gasteiger partial charge in [0, 0.05) is 6.54 Å². The molecule has 1 aromatic carbocycles. The van der Waals surface area contributed by atoms with Gasteiger partial charge in [0.25, 0.3) is 0 Å². The molecule has 0 radical (unpaired) electrons. The Hall–Kier alpha value is -1.31. The van der Waals surface area contributed by atoms with Crippen LogP contribution < -0.4 is 14.8 Å². The summed E-state index contributed by atoms with van der Waals surface area (Å²) < 4.78 is 32.1. The van der Waals surface area contributed by atoms with Crippen LogP contribution in [0.15, 0.2) is 23.1 Å². The molecular formula is C14H21ClN2O4S. The average Bonchev–Trinajstić information content (AvgIpc) is 2.46. The molecular weight excluding hydrogens is 328 g/mol.